The molecule has 24 heavy (non-hydrogen) atoms. The van der Waals surface area contributed by atoms with Gasteiger partial charge in [-0.05, 0) is 42.0 Å². The van der Waals surface area contributed by atoms with Crippen LogP contribution in [0, 0.1) is 11.3 Å². The van der Waals surface area contributed by atoms with Gasteiger partial charge in [0.05, 0.1) is 10.7 Å². The first kappa shape index (κ1) is 17.9. The summed E-state index contributed by atoms with van der Waals surface area (Å²) >= 11 is 11.9. The number of hydrogen-bond donors (Lipinski definition) is 1. The van der Waals surface area contributed by atoms with Crippen LogP contribution in [-0.4, -0.2) is 20.0 Å². The van der Waals surface area contributed by atoms with E-state index in [0.717, 1.165) is 11.3 Å². The van der Waals surface area contributed by atoms with Crippen LogP contribution in [0.2, 0.25) is 10.0 Å². The summed E-state index contributed by atoms with van der Waals surface area (Å²) in [6, 6.07) is 14.1. The van der Waals surface area contributed by atoms with Crippen molar-refractivity contribution in [1.29, 1.82) is 5.26 Å². The van der Waals surface area contributed by atoms with Crippen molar-refractivity contribution >= 4 is 46.6 Å². The Kier molecular flexibility index (Phi) is 5.86. The van der Waals surface area contributed by atoms with Gasteiger partial charge in [-0.2, -0.15) is 5.26 Å². The lowest BCUT2D eigenvalue weighted by atomic mass is 10.1. The zero-order valence-electron chi connectivity index (χ0n) is 13.2. The second-order valence-corrected chi connectivity index (χ2v) is 6.08. The van der Waals surface area contributed by atoms with Gasteiger partial charge in [-0.15, -0.1) is 0 Å². The molecular weight excluding hydrogens is 345 g/mol. The van der Waals surface area contributed by atoms with E-state index >= 15 is 0 Å². The summed E-state index contributed by atoms with van der Waals surface area (Å²) in [7, 11) is 3.88. The third-order valence-electron chi connectivity index (χ3n) is 3.26. The summed E-state index contributed by atoms with van der Waals surface area (Å²) in [4.78, 5) is 14.2. The molecule has 0 heterocycles. The molecule has 4 nitrogen and oxygen atoms in total. The monoisotopic (exact) mass is 359 g/mol. The Balaban J connectivity index is 2.22. The largest absolute Gasteiger partial charge is 0.378 e. The van der Waals surface area contributed by atoms with Crippen LogP contribution in [0.4, 0.5) is 11.4 Å². The highest BCUT2D eigenvalue weighted by Crippen LogP contribution is 2.26. The molecule has 6 heteroatoms. The zero-order chi connectivity index (χ0) is 17.7. The number of benzene rings is 2. The molecule has 0 aliphatic carbocycles. The highest BCUT2D eigenvalue weighted by Gasteiger charge is 2.12. The Bertz CT molecular complexity index is 821. The lowest BCUT2D eigenvalue weighted by molar-refractivity contribution is -0.112. The topological polar surface area (TPSA) is 56.1 Å². The number of rotatable bonds is 4. The number of anilines is 2. The predicted molar refractivity (Wildman–Crippen MR) is 99.5 cm³/mol. The third kappa shape index (κ3) is 4.51. The number of nitrogens with one attached hydrogen (secondary N) is 1. The van der Waals surface area contributed by atoms with Crippen LogP contribution in [-0.2, 0) is 4.79 Å². The molecule has 0 aliphatic rings. The molecule has 0 radical (unpaired) electrons. The zero-order valence-corrected chi connectivity index (χ0v) is 14.7. The van der Waals surface area contributed by atoms with E-state index in [-0.39, 0.29) is 5.57 Å². The SMILES string of the molecule is CN(C)c1ccc(C=C(C#N)C(=O)Nc2cc(Cl)ccc2Cl)cc1. The second kappa shape index (κ2) is 7.87. The summed E-state index contributed by atoms with van der Waals surface area (Å²) in [5, 5.41) is 12.6. The van der Waals surface area contributed by atoms with Gasteiger partial charge in [0.1, 0.15) is 11.6 Å². The van der Waals surface area contributed by atoms with Gasteiger partial charge in [0.15, 0.2) is 0 Å². The van der Waals surface area contributed by atoms with Crippen molar-refractivity contribution in [3.8, 4) is 6.07 Å². The van der Waals surface area contributed by atoms with E-state index in [1.807, 2.05) is 49.3 Å². The van der Waals surface area contributed by atoms with Gasteiger partial charge < -0.3 is 10.2 Å². The number of amides is 1. The van der Waals surface area contributed by atoms with Gasteiger partial charge in [0, 0.05) is 24.8 Å². The van der Waals surface area contributed by atoms with Crippen LogP contribution in [0.5, 0.6) is 0 Å². The van der Waals surface area contributed by atoms with Crippen LogP contribution in [0.15, 0.2) is 48.0 Å². The van der Waals surface area contributed by atoms with Crippen LogP contribution < -0.4 is 10.2 Å². The van der Waals surface area contributed by atoms with Crippen molar-refractivity contribution in [3.05, 3.63) is 63.6 Å². The average Bonchev–Trinajstić information content (AvgIpc) is 2.56. The van der Waals surface area contributed by atoms with E-state index in [4.69, 9.17) is 23.2 Å². The smallest absolute Gasteiger partial charge is 0.266 e. The maximum atomic E-state index is 12.3. The predicted octanol–water partition coefficient (Wildman–Crippen LogP) is 4.61. The second-order valence-electron chi connectivity index (χ2n) is 5.23. The van der Waals surface area contributed by atoms with Crippen LogP contribution >= 0.6 is 23.2 Å². The van der Waals surface area contributed by atoms with E-state index in [9.17, 15) is 10.1 Å². The van der Waals surface area contributed by atoms with E-state index < -0.39 is 5.91 Å². The van der Waals surface area contributed by atoms with Gasteiger partial charge in [-0.3, -0.25) is 4.79 Å². The molecule has 2 aromatic carbocycles. The van der Waals surface area contributed by atoms with Crippen molar-refractivity contribution in [2.24, 2.45) is 0 Å². The maximum absolute atomic E-state index is 12.3. The standard InChI is InChI=1S/C18H15Cl2N3O/c1-23(2)15-6-3-12(4-7-15)9-13(11-21)18(24)22-17-10-14(19)5-8-16(17)20/h3-10H,1-2H3,(H,22,24). The maximum Gasteiger partial charge on any atom is 0.266 e. The highest BCUT2D eigenvalue weighted by atomic mass is 35.5. The van der Waals surface area contributed by atoms with Gasteiger partial charge in [-0.1, -0.05) is 35.3 Å². The minimum Gasteiger partial charge on any atom is -0.378 e. The first-order valence-corrected chi connectivity index (χ1v) is 7.82. The fraction of sp³-hybridized carbons (Fsp3) is 0.111. The molecule has 0 spiro atoms. The molecule has 2 aromatic rings. The van der Waals surface area contributed by atoms with E-state index in [2.05, 4.69) is 5.32 Å². The minimum atomic E-state index is -0.543. The van der Waals surface area contributed by atoms with Gasteiger partial charge in [0.25, 0.3) is 5.91 Å². The van der Waals surface area contributed by atoms with Crippen molar-refractivity contribution in [2.75, 3.05) is 24.3 Å². The first-order chi connectivity index (χ1) is 11.4. The molecule has 0 aromatic heterocycles. The summed E-state index contributed by atoms with van der Waals surface area (Å²) in [6.45, 7) is 0. The van der Waals surface area contributed by atoms with Crippen LogP contribution in [0.3, 0.4) is 0 Å². The number of hydrogen-bond acceptors (Lipinski definition) is 3. The molecule has 122 valence electrons. The third-order valence-corrected chi connectivity index (χ3v) is 3.83. The molecule has 1 N–H and O–H groups in total. The van der Waals surface area contributed by atoms with E-state index in [1.165, 1.54) is 12.1 Å². The Hall–Kier alpha value is -2.48. The Morgan fingerprint density at radius 2 is 1.83 bits per heavy atom. The lowest BCUT2D eigenvalue weighted by Gasteiger charge is -2.12. The number of carbonyl (C=O) groups excluding carboxylic acids is 1. The molecule has 1 amide bonds. The molecule has 0 aliphatic heterocycles. The summed E-state index contributed by atoms with van der Waals surface area (Å²) in [6.07, 6.45) is 1.52. The van der Waals surface area contributed by atoms with Crippen molar-refractivity contribution in [1.82, 2.24) is 0 Å². The Labute approximate surface area is 150 Å². The first-order valence-electron chi connectivity index (χ1n) is 7.06. The Morgan fingerprint density at radius 3 is 2.42 bits per heavy atom. The number of nitrogens with zero attached hydrogens (tertiary/aromatic N) is 2. The van der Waals surface area contributed by atoms with Gasteiger partial charge >= 0.3 is 0 Å². The van der Waals surface area contributed by atoms with Crippen LogP contribution in [0.1, 0.15) is 5.56 Å². The lowest BCUT2D eigenvalue weighted by Crippen LogP contribution is -2.13. The highest BCUT2D eigenvalue weighted by molar-refractivity contribution is 6.36. The molecule has 0 fully saturated rings. The minimum absolute atomic E-state index is 0.0244. The summed E-state index contributed by atoms with van der Waals surface area (Å²) in [5.41, 5.74) is 2.12. The number of nitriles is 1. The number of halogens is 2. The molecule has 0 atom stereocenters. The molecule has 0 saturated heterocycles. The van der Waals surface area contributed by atoms with Crippen molar-refractivity contribution < 1.29 is 4.79 Å². The molecule has 0 saturated carbocycles. The molecular formula is C18H15Cl2N3O. The summed E-state index contributed by atoms with van der Waals surface area (Å²) < 4.78 is 0. The molecule has 2 rings (SSSR count). The number of carbonyl (C=O) groups is 1. The fourth-order valence-corrected chi connectivity index (χ4v) is 2.30. The Morgan fingerprint density at radius 1 is 1.17 bits per heavy atom. The van der Waals surface area contributed by atoms with Crippen LogP contribution in [0.25, 0.3) is 6.08 Å². The fourth-order valence-electron chi connectivity index (χ4n) is 1.97. The quantitative estimate of drug-likeness (QED) is 0.640. The summed E-state index contributed by atoms with van der Waals surface area (Å²) in [5.74, 6) is -0.543. The normalized spacial score (nSPS) is 10.9. The van der Waals surface area contributed by atoms with Crippen molar-refractivity contribution in [2.45, 2.75) is 0 Å². The van der Waals surface area contributed by atoms with Gasteiger partial charge in [0.2, 0.25) is 0 Å². The van der Waals surface area contributed by atoms with E-state index in [0.29, 0.717) is 15.7 Å². The molecule has 0 unspecified atom stereocenters. The molecule has 0 bridgehead atoms. The average molecular weight is 360 g/mol. The van der Waals surface area contributed by atoms with Gasteiger partial charge in [-0.25, -0.2) is 0 Å². The van der Waals surface area contributed by atoms with E-state index in [1.54, 1.807) is 12.1 Å². The van der Waals surface area contributed by atoms with Crippen molar-refractivity contribution in [3.63, 3.8) is 0 Å².